The maximum Gasteiger partial charge on any atom is 0.0703 e. The lowest BCUT2D eigenvalue weighted by molar-refractivity contribution is -0.113. The highest BCUT2D eigenvalue weighted by Gasteiger charge is 2.46. The molecule has 1 nitrogen and oxygen atoms in total. The van der Waals surface area contributed by atoms with Crippen molar-refractivity contribution < 1.29 is 5.11 Å². The first-order valence-electron chi connectivity index (χ1n) is 9.78. The van der Waals surface area contributed by atoms with Crippen molar-refractivity contribution in [1.29, 1.82) is 0 Å². The zero-order valence-corrected chi connectivity index (χ0v) is 15.6. The summed E-state index contributed by atoms with van der Waals surface area (Å²) in [6, 6.07) is 0. The molecule has 0 aromatic rings. The highest BCUT2D eigenvalue weighted by atomic mass is 16.3. The van der Waals surface area contributed by atoms with Crippen LogP contribution in [0.15, 0.2) is 0 Å². The van der Waals surface area contributed by atoms with Crippen LogP contribution in [0.1, 0.15) is 118 Å². The average molecular weight is 299 g/mol. The van der Waals surface area contributed by atoms with E-state index in [0.29, 0.717) is 0 Å². The topological polar surface area (TPSA) is 20.2 Å². The Morgan fingerprint density at radius 3 is 1.19 bits per heavy atom. The minimum atomic E-state index is -0.432. The first kappa shape index (κ1) is 21.0. The summed E-state index contributed by atoms with van der Waals surface area (Å²) >= 11 is 0. The minimum absolute atomic E-state index is 0.156. The third-order valence-electron chi connectivity index (χ3n) is 5.57. The molecule has 0 unspecified atom stereocenters. The molecule has 0 aliphatic rings. The molecule has 0 aliphatic carbocycles. The Hall–Kier alpha value is -0.0400. The number of hydrogen-bond acceptors (Lipinski definition) is 1. The maximum absolute atomic E-state index is 11.6. The van der Waals surface area contributed by atoms with E-state index < -0.39 is 5.60 Å². The van der Waals surface area contributed by atoms with Crippen LogP contribution < -0.4 is 0 Å². The van der Waals surface area contributed by atoms with Gasteiger partial charge in [0, 0.05) is 0 Å². The van der Waals surface area contributed by atoms with Gasteiger partial charge in [0.05, 0.1) is 5.60 Å². The third kappa shape index (κ3) is 6.30. The van der Waals surface area contributed by atoms with E-state index in [4.69, 9.17) is 0 Å². The van der Waals surface area contributed by atoms with Crippen molar-refractivity contribution in [2.45, 2.75) is 124 Å². The average Bonchev–Trinajstić information content (AvgIpc) is 2.51. The van der Waals surface area contributed by atoms with Crippen LogP contribution in [0.5, 0.6) is 0 Å². The van der Waals surface area contributed by atoms with Crippen LogP contribution in [0.25, 0.3) is 0 Å². The van der Waals surface area contributed by atoms with E-state index in [1.807, 2.05) is 0 Å². The van der Waals surface area contributed by atoms with Crippen LogP contribution in [0, 0.1) is 5.41 Å². The van der Waals surface area contributed by atoms with Crippen LogP contribution in [0.2, 0.25) is 0 Å². The second-order valence-corrected chi connectivity index (χ2v) is 7.08. The van der Waals surface area contributed by atoms with Crippen molar-refractivity contribution in [2.75, 3.05) is 0 Å². The molecule has 0 saturated heterocycles. The number of hydrogen-bond donors (Lipinski definition) is 1. The Kier molecular flexibility index (Phi) is 11.5. The SMILES string of the molecule is CCCCC(O)(CCCC)C(CC)(CCCC)CCCC. The van der Waals surface area contributed by atoms with Crippen molar-refractivity contribution >= 4 is 0 Å². The van der Waals surface area contributed by atoms with E-state index >= 15 is 0 Å². The summed E-state index contributed by atoms with van der Waals surface area (Å²) in [6.45, 7) is 11.3. The molecule has 0 bridgehead atoms. The standard InChI is InChI=1S/C20H42O/c1-6-11-15-19(10-5,16-12-7-2)20(21,17-13-8-3)18-14-9-4/h21H,6-18H2,1-5H3. The van der Waals surface area contributed by atoms with Crippen molar-refractivity contribution in [3.8, 4) is 0 Å². The highest BCUT2D eigenvalue weighted by Crippen LogP contribution is 2.49. The molecule has 0 aliphatic heterocycles. The van der Waals surface area contributed by atoms with Crippen molar-refractivity contribution in [2.24, 2.45) is 5.41 Å². The number of aliphatic hydroxyl groups is 1. The Bertz CT molecular complexity index is 218. The van der Waals surface area contributed by atoms with Crippen molar-refractivity contribution in [3.05, 3.63) is 0 Å². The number of unbranched alkanes of at least 4 members (excludes halogenated alkanes) is 4. The minimum Gasteiger partial charge on any atom is -0.389 e. The van der Waals surface area contributed by atoms with Crippen LogP contribution >= 0.6 is 0 Å². The van der Waals surface area contributed by atoms with Gasteiger partial charge in [-0.25, -0.2) is 0 Å². The number of rotatable bonds is 14. The summed E-state index contributed by atoms with van der Waals surface area (Å²) in [7, 11) is 0. The first-order chi connectivity index (χ1) is 10.1. The van der Waals surface area contributed by atoms with Gasteiger partial charge in [-0.3, -0.25) is 0 Å². The molecule has 0 saturated carbocycles. The predicted molar refractivity (Wildman–Crippen MR) is 95.8 cm³/mol. The largest absolute Gasteiger partial charge is 0.389 e. The summed E-state index contributed by atoms with van der Waals surface area (Å²) in [5.74, 6) is 0. The van der Waals surface area contributed by atoms with E-state index in [1.54, 1.807) is 0 Å². The fraction of sp³-hybridized carbons (Fsp3) is 1.00. The third-order valence-corrected chi connectivity index (χ3v) is 5.57. The second kappa shape index (κ2) is 11.5. The summed E-state index contributed by atoms with van der Waals surface area (Å²) < 4.78 is 0. The van der Waals surface area contributed by atoms with Gasteiger partial charge in [-0.2, -0.15) is 0 Å². The predicted octanol–water partition coefficient (Wildman–Crippen LogP) is 6.87. The van der Waals surface area contributed by atoms with Gasteiger partial charge >= 0.3 is 0 Å². The molecule has 0 amide bonds. The normalized spacial score (nSPS) is 12.9. The molecule has 0 aromatic carbocycles. The molecule has 21 heavy (non-hydrogen) atoms. The molecular weight excluding hydrogens is 256 g/mol. The Morgan fingerprint density at radius 1 is 0.571 bits per heavy atom. The van der Waals surface area contributed by atoms with Crippen LogP contribution in [-0.4, -0.2) is 10.7 Å². The zero-order valence-electron chi connectivity index (χ0n) is 15.6. The summed E-state index contributed by atoms with van der Waals surface area (Å²) in [6.07, 6.45) is 15.3. The van der Waals surface area contributed by atoms with Crippen LogP contribution in [0.4, 0.5) is 0 Å². The molecule has 0 fully saturated rings. The Balaban J connectivity index is 5.26. The molecular formula is C20H42O. The quantitative estimate of drug-likeness (QED) is 0.371. The van der Waals surface area contributed by atoms with Gasteiger partial charge in [-0.15, -0.1) is 0 Å². The highest BCUT2D eigenvalue weighted by molar-refractivity contribution is 4.98. The molecule has 0 spiro atoms. The lowest BCUT2D eigenvalue weighted by atomic mass is 9.61. The van der Waals surface area contributed by atoms with Gasteiger partial charge in [0.15, 0.2) is 0 Å². The second-order valence-electron chi connectivity index (χ2n) is 7.08. The van der Waals surface area contributed by atoms with E-state index in [2.05, 4.69) is 34.6 Å². The molecule has 0 heterocycles. The van der Waals surface area contributed by atoms with Gasteiger partial charge in [0.25, 0.3) is 0 Å². The lowest BCUT2D eigenvalue weighted by Gasteiger charge is -2.48. The van der Waals surface area contributed by atoms with Crippen molar-refractivity contribution in [3.63, 3.8) is 0 Å². The summed E-state index contributed by atoms with van der Waals surface area (Å²) in [5, 5.41) is 11.6. The van der Waals surface area contributed by atoms with Crippen LogP contribution in [-0.2, 0) is 0 Å². The zero-order chi connectivity index (χ0) is 16.2. The molecule has 128 valence electrons. The Labute approximate surface area is 134 Å². The van der Waals surface area contributed by atoms with Crippen molar-refractivity contribution in [1.82, 2.24) is 0 Å². The van der Waals surface area contributed by atoms with Crippen LogP contribution in [0.3, 0.4) is 0 Å². The fourth-order valence-electron chi connectivity index (χ4n) is 3.90. The van der Waals surface area contributed by atoms with Gasteiger partial charge in [0.2, 0.25) is 0 Å². The molecule has 1 N–H and O–H groups in total. The van der Waals surface area contributed by atoms with Gasteiger partial charge in [-0.1, -0.05) is 86.0 Å². The van der Waals surface area contributed by atoms with Gasteiger partial charge in [0.1, 0.15) is 0 Å². The van der Waals surface area contributed by atoms with E-state index in [0.717, 1.165) is 19.3 Å². The molecule has 0 aromatic heterocycles. The first-order valence-corrected chi connectivity index (χ1v) is 9.78. The Morgan fingerprint density at radius 2 is 0.905 bits per heavy atom. The van der Waals surface area contributed by atoms with E-state index in [9.17, 15) is 5.11 Å². The molecule has 0 rings (SSSR count). The molecule has 0 radical (unpaired) electrons. The van der Waals surface area contributed by atoms with Gasteiger partial charge in [-0.05, 0) is 37.5 Å². The monoisotopic (exact) mass is 298 g/mol. The summed E-state index contributed by atoms with van der Waals surface area (Å²) in [5.41, 5.74) is -0.276. The fourth-order valence-corrected chi connectivity index (χ4v) is 3.90. The van der Waals surface area contributed by atoms with E-state index in [1.165, 1.54) is 64.2 Å². The smallest absolute Gasteiger partial charge is 0.0703 e. The molecule has 0 atom stereocenters. The van der Waals surface area contributed by atoms with Gasteiger partial charge < -0.3 is 5.11 Å². The lowest BCUT2D eigenvalue weighted by Crippen LogP contribution is -2.48. The molecule has 1 heteroatoms. The van der Waals surface area contributed by atoms with E-state index in [-0.39, 0.29) is 5.41 Å². The summed E-state index contributed by atoms with van der Waals surface area (Å²) in [4.78, 5) is 0. The maximum atomic E-state index is 11.6.